The van der Waals surface area contributed by atoms with E-state index in [4.69, 9.17) is 5.11 Å². The first kappa shape index (κ1) is 16.9. The van der Waals surface area contributed by atoms with Crippen LogP contribution >= 0.6 is 0 Å². The second-order valence-electron chi connectivity index (χ2n) is 5.05. The largest absolute Gasteiger partial charge is 0.478 e. The van der Waals surface area contributed by atoms with Gasteiger partial charge in [0.15, 0.2) is 0 Å². The maximum absolute atomic E-state index is 11.2. The first-order valence-electron chi connectivity index (χ1n) is 7.10. The van der Waals surface area contributed by atoms with Crippen molar-refractivity contribution in [2.24, 2.45) is 0 Å². The molecule has 1 heterocycles. The molecular weight excluding hydrogens is 274 g/mol. The fourth-order valence-corrected chi connectivity index (χ4v) is 2.01. The molecule has 0 saturated heterocycles. The molecule has 0 amide bonds. The van der Waals surface area contributed by atoms with Crippen LogP contribution < -0.4 is 5.32 Å². The van der Waals surface area contributed by atoms with E-state index in [1.807, 2.05) is 6.92 Å². The van der Waals surface area contributed by atoms with Crippen molar-refractivity contribution in [1.82, 2.24) is 4.98 Å². The fraction of sp³-hybridized carbons (Fsp3) is 0.571. The maximum atomic E-state index is 11.2. The highest BCUT2D eigenvalue weighted by Crippen LogP contribution is 2.20. The zero-order valence-corrected chi connectivity index (χ0v) is 12.3. The van der Waals surface area contributed by atoms with Crippen LogP contribution in [0.3, 0.4) is 0 Å². The Morgan fingerprint density at radius 2 is 2.19 bits per heavy atom. The zero-order valence-electron chi connectivity index (χ0n) is 12.3. The number of anilines is 1. The molecule has 1 unspecified atom stereocenters. The van der Waals surface area contributed by atoms with Crippen molar-refractivity contribution >= 4 is 17.5 Å². The molecule has 21 heavy (non-hydrogen) atoms. The number of carboxylic acids is 1. The van der Waals surface area contributed by atoms with Gasteiger partial charge in [0, 0.05) is 12.1 Å². The number of hydrogen-bond acceptors (Lipinski definition) is 5. The summed E-state index contributed by atoms with van der Waals surface area (Å²) in [6.07, 6.45) is 6.51. The minimum absolute atomic E-state index is 0.0638. The highest BCUT2D eigenvalue weighted by atomic mass is 16.6. The molecule has 1 aromatic rings. The smallest absolute Gasteiger partial charge is 0.339 e. The van der Waals surface area contributed by atoms with E-state index in [2.05, 4.69) is 17.2 Å². The normalized spacial score (nSPS) is 11.9. The third-order valence-electron chi connectivity index (χ3n) is 3.19. The molecule has 0 saturated carbocycles. The first-order chi connectivity index (χ1) is 9.95. The summed E-state index contributed by atoms with van der Waals surface area (Å²) in [5.74, 6) is -1.05. The molecule has 0 aliphatic rings. The lowest BCUT2D eigenvalue weighted by Crippen LogP contribution is -2.18. The molecule has 1 aromatic heterocycles. The van der Waals surface area contributed by atoms with Crippen molar-refractivity contribution in [3.05, 3.63) is 27.9 Å². The van der Waals surface area contributed by atoms with Gasteiger partial charge in [0.25, 0.3) is 5.69 Å². The molecule has 116 valence electrons. The van der Waals surface area contributed by atoms with Gasteiger partial charge in [0.05, 0.1) is 4.92 Å². The van der Waals surface area contributed by atoms with Gasteiger partial charge in [-0.15, -0.1) is 0 Å². The average Bonchev–Trinajstić information content (AvgIpc) is 2.43. The number of hydrogen-bond donors (Lipinski definition) is 2. The van der Waals surface area contributed by atoms with Crippen LogP contribution in [0, 0.1) is 10.1 Å². The van der Waals surface area contributed by atoms with Crippen LogP contribution in [0.15, 0.2) is 12.3 Å². The van der Waals surface area contributed by atoms with Crippen LogP contribution in [-0.2, 0) is 0 Å². The number of nitrogens with one attached hydrogen (secondary N) is 1. The summed E-state index contributed by atoms with van der Waals surface area (Å²) >= 11 is 0. The van der Waals surface area contributed by atoms with Gasteiger partial charge in [0.2, 0.25) is 0 Å². The lowest BCUT2D eigenvalue weighted by molar-refractivity contribution is -0.385. The topological polar surface area (TPSA) is 105 Å². The van der Waals surface area contributed by atoms with Gasteiger partial charge in [-0.2, -0.15) is 0 Å². The second kappa shape index (κ2) is 8.18. The van der Waals surface area contributed by atoms with Gasteiger partial charge in [-0.3, -0.25) is 10.1 Å². The molecule has 7 nitrogen and oxygen atoms in total. The van der Waals surface area contributed by atoms with Crippen molar-refractivity contribution in [3.63, 3.8) is 0 Å². The lowest BCUT2D eigenvalue weighted by atomic mass is 10.1. The molecule has 7 heteroatoms. The summed E-state index contributed by atoms with van der Waals surface area (Å²) < 4.78 is 0. The predicted molar refractivity (Wildman–Crippen MR) is 79.7 cm³/mol. The number of carbonyl (C=O) groups is 1. The first-order valence-corrected chi connectivity index (χ1v) is 7.10. The van der Waals surface area contributed by atoms with Crippen LogP contribution in [-0.4, -0.2) is 27.0 Å². The van der Waals surface area contributed by atoms with Gasteiger partial charge < -0.3 is 10.4 Å². The van der Waals surface area contributed by atoms with Gasteiger partial charge in [0.1, 0.15) is 17.6 Å². The molecule has 0 bridgehead atoms. The highest BCUT2D eigenvalue weighted by molar-refractivity contribution is 5.93. The number of rotatable bonds is 9. The van der Waals surface area contributed by atoms with Crippen LogP contribution in [0.25, 0.3) is 0 Å². The number of aromatic carboxylic acids is 1. The second-order valence-corrected chi connectivity index (χ2v) is 5.05. The van der Waals surface area contributed by atoms with E-state index in [1.165, 1.54) is 6.42 Å². The van der Waals surface area contributed by atoms with Gasteiger partial charge in [-0.25, -0.2) is 9.78 Å². The number of nitrogens with zero attached hydrogens (tertiary/aromatic N) is 2. The Bertz CT molecular complexity index is 505. The Kier molecular flexibility index (Phi) is 6.58. The summed E-state index contributed by atoms with van der Waals surface area (Å²) in [5, 5.41) is 22.8. The number of pyridine rings is 1. The maximum Gasteiger partial charge on any atom is 0.339 e. The SMILES string of the molecule is CCCCCCC(C)Nc1ncc([N+](=O)[O-])cc1C(=O)O. The average molecular weight is 295 g/mol. The summed E-state index contributed by atoms with van der Waals surface area (Å²) in [6.45, 7) is 4.09. The molecule has 0 radical (unpaired) electrons. The van der Waals surface area contributed by atoms with Crippen LogP contribution in [0.4, 0.5) is 11.5 Å². The minimum atomic E-state index is -1.23. The molecule has 0 aliphatic heterocycles. The summed E-state index contributed by atoms with van der Waals surface area (Å²) in [7, 11) is 0. The summed E-state index contributed by atoms with van der Waals surface area (Å²) in [6, 6.07) is 1.09. The number of unbranched alkanes of at least 4 members (excludes halogenated alkanes) is 3. The Morgan fingerprint density at radius 1 is 1.48 bits per heavy atom. The highest BCUT2D eigenvalue weighted by Gasteiger charge is 2.18. The molecule has 0 spiro atoms. The van der Waals surface area contributed by atoms with Gasteiger partial charge in [-0.05, 0) is 13.3 Å². The van der Waals surface area contributed by atoms with Crippen molar-refractivity contribution in [1.29, 1.82) is 0 Å². The molecule has 0 aromatic carbocycles. The standard InChI is InChI=1S/C14H21N3O4/c1-3-4-5-6-7-10(2)16-13-12(14(18)19)8-11(9-15-13)17(20)21/h8-10H,3-7H2,1-2H3,(H,15,16)(H,18,19). The monoisotopic (exact) mass is 295 g/mol. The Hall–Kier alpha value is -2.18. The van der Waals surface area contributed by atoms with Crippen LogP contribution in [0.2, 0.25) is 0 Å². The molecule has 1 atom stereocenters. The van der Waals surface area contributed by atoms with E-state index in [0.29, 0.717) is 0 Å². The van der Waals surface area contributed by atoms with Crippen molar-refractivity contribution in [2.45, 2.75) is 52.0 Å². The van der Waals surface area contributed by atoms with Crippen LogP contribution in [0.1, 0.15) is 56.3 Å². The van der Waals surface area contributed by atoms with Crippen LogP contribution in [0.5, 0.6) is 0 Å². The van der Waals surface area contributed by atoms with Crippen molar-refractivity contribution in [2.75, 3.05) is 5.32 Å². The zero-order chi connectivity index (χ0) is 15.8. The van der Waals surface area contributed by atoms with E-state index in [0.717, 1.165) is 37.9 Å². The predicted octanol–water partition coefficient (Wildman–Crippen LogP) is 3.46. The third-order valence-corrected chi connectivity index (χ3v) is 3.19. The molecule has 1 rings (SSSR count). The molecule has 2 N–H and O–H groups in total. The number of carboxylic acid groups (broad SMARTS) is 1. The van der Waals surface area contributed by atoms with E-state index in [9.17, 15) is 14.9 Å². The Labute approximate surface area is 123 Å². The van der Waals surface area contributed by atoms with Crippen molar-refractivity contribution in [3.8, 4) is 0 Å². The quantitative estimate of drug-likeness (QED) is 0.410. The van der Waals surface area contributed by atoms with E-state index in [1.54, 1.807) is 0 Å². The third kappa shape index (κ3) is 5.37. The molecular formula is C14H21N3O4. The number of nitro groups is 1. The lowest BCUT2D eigenvalue weighted by Gasteiger charge is -2.15. The van der Waals surface area contributed by atoms with E-state index < -0.39 is 10.9 Å². The van der Waals surface area contributed by atoms with Crippen molar-refractivity contribution < 1.29 is 14.8 Å². The minimum Gasteiger partial charge on any atom is -0.478 e. The molecule has 0 aliphatic carbocycles. The summed E-state index contributed by atoms with van der Waals surface area (Å²) in [4.78, 5) is 25.1. The van der Waals surface area contributed by atoms with E-state index >= 15 is 0 Å². The Morgan fingerprint density at radius 3 is 2.76 bits per heavy atom. The Balaban J connectivity index is 2.73. The van der Waals surface area contributed by atoms with Gasteiger partial charge >= 0.3 is 5.97 Å². The van der Waals surface area contributed by atoms with Gasteiger partial charge in [-0.1, -0.05) is 32.6 Å². The molecule has 0 fully saturated rings. The fourth-order valence-electron chi connectivity index (χ4n) is 2.01. The van der Waals surface area contributed by atoms with E-state index in [-0.39, 0.29) is 23.1 Å². The number of aromatic nitrogens is 1. The summed E-state index contributed by atoms with van der Waals surface area (Å²) in [5.41, 5.74) is -0.502.